The minimum Gasteiger partial charge on any atom is -0.497 e. The van der Waals surface area contributed by atoms with Gasteiger partial charge in [-0.1, -0.05) is 13.0 Å². The molecule has 148 valence electrons. The van der Waals surface area contributed by atoms with E-state index in [1.54, 1.807) is 13.3 Å². The monoisotopic (exact) mass is 380 g/mol. The number of methoxy groups -OCH3 is 1. The predicted octanol–water partition coefficient (Wildman–Crippen LogP) is 4.13. The summed E-state index contributed by atoms with van der Waals surface area (Å²) in [5.41, 5.74) is 1.90. The number of benzene rings is 1. The summed E-state index contributed by atoms with van der Waals surface area (Å²) in [7, 11) is 1.66. The summed E-state index contributed by atoms with van der Waals surface area (Å²) in [6.07, 6.45) is 6.17. The van der Waals surface area contributed by atoms with Crippen LogP contribution in [-0.4, -0.2) is 42.1 Å². The second kappa shape index (κ2) is 7.92. The molecule has 5 heteroatoms. The number of fused-ring (bicyclic) bond motifs is 4. The summed E-state index contributed by atoms with van der Waals surface area (Å²) in [6, 6.07) is 8.03. The Morgan fingerprint density at radius 3 is 2.96 bits per heavy atom. The van der Waals surface area contributed by atoms with Gasteiger partial charge in [0.05, 0.1) is 18.7 Å². The molecule has 0 N–H and O–H groups in total. The molecule has 0 amide bonds. The lowest BCUT2D eigenvalue weighted by atomic mass is 9.73. The maximum atomic E-state index is 12.3. The van der Waals surface area contributed by atoms with Crippen LogP contribution in [0.2, 0.25) is 0 Å². The molecule has 0 spiro atoms. The van der Waals surface area contributed by atoms with Gasteiger partial charge in [-0.15, -0.1) is 6.58 Å². The molecule has 2 bridgehead atoms. The van der Waals surface area contributed by atoms with Crippen LogP contribution in [0.5, 0.6) is 5.75 Å². The molecule has 5 rings (SSSR count). The van der Waals surface area contributed by atoms with E-state index in [-0.39, 0.29) is 18.1 Å². The van der Waals surface area contributed by atoms with Crippen molar-refractivity contribution < 1.29 is 14.3 Å². The summed E-state index contributed by atoms with van der Waals surface area (Å²) in [4.78, 5) is 19.3. The third-order valence-corrected chi connectivity index (χ3v) is 6.34. The van der Waals surface area contributed by atoms with Gasteiger partial charge in [0, 0.05) is 30.1 Å². The average molecular weight is 380 g/mol. The number of pyridine rings is 1. The first-order chi connectivity index (χ1) is 13.6. The standard InChI is InChI=1S/C23H28N2O3/c1-4-15-14-25-11-9-16(15)12-21(25)23(28-22(26)5-2)18-8-10-24-20-7-6-17(27-3)13-19(18)20/h4,6-8,10,13,15-16,21,23H,1,5,9,11-12,14H2,2-3H3/t15-,16-,21+,23-/m0/s1. The van der Waals surface area contributed by atoms with Crippen molar-refractivity contribution in [3.05, 3.63) is 48.7 Å². The van der Waals surface area contributed by atoms with Gasteiger partial charge >= 0.3 is 5.97 Å². The number of hydrogen-bond acceptors (Lipinski definition) is 5. The number of ether oxygens (including phenoxy) is 2. The van der Waals surface area contributed by atoms with Crippen LogP contribution < -0.4 is 4.74 Å². The first-order valence-corrected chi connectivity index (χ1v) is 10.1. The Balaban J connectivity index is 1.76. The smallest absolute Gasteiger partial charge is 0.306 e. The number of nitrogens with zero attached hydrogens (tertiary/aromatic N) is 2. The van der Waals surface area contributed by atoms with E-state index in [1.807, 2.05) is 31.2 Å². The van der Waals surface area contributed by atoms with Gasteiger partial charge in [0.25, 0.3) is 0 Å². The highest BCUT2D eigenvalue weighted by Gasteiger charge is 2.44. The number of aromatic nitrogens is 1. The lowest BCUT2D eigenvalue weighted by molar-refractivity contribution is -0.156. The fourth-order valence-electron chi connectivity index (χ4n) is 4.79. The Morgan fingerprint density at radius 1 is 1.43 bits per heavy atom. The molecule has 5 atom stereocenters. The minimum atomic E-state index is -0.307. The first kappa shape index (κ1) is 18.9. The van der Waals surface area contributed by atoms with Crippen LogP contribution in [0.15, 0.2) is 43.1 Å². The van der Waals surface area contributed by atoms with Gasteiger partial charge in [-0.3, -0.25) is 14.7 Å². The van der Waals surface area contributed by atoms with Crippen LogP contribution >= 0.6 is 0 Å². The third-order valence-electron chi connectivity index (χ3n) is 6.34. The molecule has 4 heterocycles. The lowest BCUT2D eigenvalue weighted by Gasteiger charge is -2.51. The van der Waals surface area contributed by atoms with Crippen LogP contribution in [0, 0.1) is 11.8 Å². The van der Waals surface area contributed by atoms with Gasteiger partial charge in [0.1, 0.15) is 11.9 Å². The van der Waals surface area contributed by atoms with Crippen molar-refractivity contribution in [2.45, 2.75) is 38.3 Å². The molecular weight excluding hydrogens is 352 g/mol. The van der Waals surface area contributed by atoms with Crippen molar-refractivity contribution in [3.8, 4) is 5.75 Å². The van der Waals surface area contributed by atoms with Crippen LogP contribution in [-0.2, 0) is 9.53 Å². The van der Waals surface area contributed by atoms with Crippen molar-refractivity contribution in [2.75, 3.05) is 20.2 Å². The van der Waals surface area contributed by atoms with E-state index in [2.05, 4.69) is 22.5 Å². The van der Waals surface area contributed by atoms with E-state index in [0.717, 1.165) is 41.7 Å². The molecule has 3 aliphatic heterocycles. The van der Waals surface area contributed by atoms with Gasteiger partial charge in [0.15, 0.2) is 0 Å². The van der Waals surface area contributed by atoms with Crippen molar-refractivity contribution >= 4 is 16.9 Å². The van der Waals surface area contributed by atoms with E-state index >= 15 is 0 Å². The molecule has 0 saturated carbocycles. The second-order valence-corrected chi connectivity index (χ2v) is 7.79. The Bertz CT molecular complexity index is 881. The summed E-state index contributed by atoms with van der Waals surface area (Å²) >= 11 is 0. The molecule has 2 aromatic rings. The van der Waals surface area contributed by atoms with Crippen LogP contribution in [0.3, 0.4) is 0 Å². The van der Waals surface area contributed by atoms with Crippen molar-refractivity contribution in [2.24, 2.45) is 11.8 Å². The van der Waals surface area contributed by atoms with Gasteiger partial charge in [-0.2, -0.15) is 0 Å². The highest BCUT2D eigenvalue weighted by Crippen LogP contribution is 2.43. The van der Waals surface area contributed by atoms with Gasteiger partial charge < -0.3 is 9.47 Å². The second-order valence-electron chi connectivity index (χ2n) is 7.79. The molecule has 1 aromatic heterocycles. The van der Waals surface area contributed by atoms with E-state index < -0.39 is 0 Å². The van der Waals surface area contributed by atoms with E-state index in [1.165, 1.54) is 6.42 Å². The van der Waals surface area contributed by atoms with E-state index in [4.69, 9.17) is 9.47 Å². The summed E-state index contributed by atoms with van der Waals surface area (Å²) in [5.74, 6) is 1.75. The zero-order chi connectivity index (χ0) is 19.7. The fourth-order valence-corrected chi connectivity index (χ4v) is 4.79. The van der Waals surface area contributed by atoms with Crippen molar-refractivity contribution in [3.63, 3.8) is 0 Å². The Morgan fingerprint density at radius 2 is 2.29 bits per heavy atom. The van der Waals surface area contributed by atoms with Crippen LogP contribution in [0.4, 0.5) is 0 Å². The van der Waals surface area contributed by atoms with Crippen LogP contribution in [0.1, 0.15) is 37.9 Å². The van der Waals surface area contributed by atoms with Gasteiger partial charge in [0.2, 0.25) is 0 Å². The topological polar surface area (TPSA) is 51.7 Å². The molecule has 0 radical (unpaired) electrons. The van der Waals surface area contributed by atoms with Gasteiger partial charge in [-0.05, 0) is 55.5 Å². The normalized spacial score (nSPS) is 27.4. The zero-order valence-corrected chi connectivity index (χ0v) is 16.6. The minimum absolute atomic E-state index is 0.166. The summed E-state index contributed by atoms with van der Waals surface area (Å²) in [5, 5.41) is 0.985. The maximum Gasteiger partial charge on any atom is 0.306 e. The highest BCUT2D eigenvalue weighted by molar-refractivity contribution is 5.84. The molecular formula is C23H28N2O3. The highest BCUT2D eigenvalue weighted by atomic mass is 16.5. The van der Waals surface area contributed by atoms with Crippen molar-refractivity contribution in [1.29, 1.82) is 0 Å². The SMILES string of the molecule is C=C[C@H]1CN2CC[C@H]1C[C@@H]2[C@@H](OC(=O)CC)c1ccnc2ccc(OC)cc12. The molecule has 3 fully saturated rings. The molecule has 5 nitrogen and oxygen atoms in total. The van der Waals surface area contributed by atoms with Crippen LogP contribution in [0.25, 0.3) is 10.9 Å². The Kier molecular flexibility index (Phi) is 5.36. The third kappa shape index (κ3) is 3.39. The zero-order valence-electron chi connectivity index (χ0n) is 16.6. The van der Waals surface area contributed by atoms with Gasteiger partial charge in [-0.25, -0.2) is 0 Å². The largest absolute Gasteiger partial charge is 0.497 e. The molecule has 0 aliphatic carbocycles. The average Bonchev–Trinajstić information content (AvgIpc) is 2.76. The summed E-state index contributed by atoms with van der Waals surface area (Å²) in [6.45, 7) is 7.90. The lowest BCUT2D eigenvalue weighted by Crippen LogP contribution is -2.55. The number of carbonyl (C=O) groups is 1. The number of carbonyl (C=O) groups excluding carboxylic acids is 1. The number of rotatable bonds is 6. The van der Waals surface area contributed by atoms with Crippen molar-refractivity contribution in [1.82, 2.24) is 9.88 Å². The fraction of sp³-hybridized carbons (Fsp3) is 0.478. The predicted molar refractivity (Wildman–Crippen MR) is 109 cm³/mol. The number of hydrogen-bond donors (Lipinski definition) is 0. The molecule has 3 saturated heterocycles. The quantitative estimate of drug-likeness (QED) is 0.557. The molecule has 28 heavy (non-hydrogen) atoms. The maximum absolute atomic E-state index is 12.3. The molecule has 1 unspecified atom stereocenters. The molecule has 3 aliphatic rings. The Labute approximate surface area is 166 Å². The number of esters is 1. The molecule has 1 aromatic carbocycles. The van der Waals surface area contributed by atoms with E-state index in [9.17, 15) is 4.79 Å². The van der Waals surface area contributed by atoms with E-state index in [0.29, 0.717) is 18.3 Å². The summed E-state index contributed by atoms with van der Waals surface area (Å²) < 4.78 is 11.5. The Hall–Kier alpha value is -2.40. The first-order valence-electron chi connectivity index (χ1n) is 10.1. The number of piperidine rings is 3.